The number of hydrogen-bond donors (Lipinski definition) is 1. The van der Waals surface area contributed by atoms with Crippen LogP contribution in [0.4, 0.5) is 4.39 Å². The van der Waals surface area contributed by atoms with Crippen LogP contribution in [-0.4, -0.2) is 20.2 Å². The highest BCUT2D eigenvalue weighted by Crippen LogP contribution is 2.31. The predicted molar refractivity (Wildman–Crippen MR) is 61.7 cm³/mol. The van der Waals surface area contributed by atoms with Crippen LogP contribution in [0.3, 0.4) is 0 Å². The molecule has 1 saturated carbocycles. The molecule has 0 spiro atoms. The number of likely N-dealkylation sites (N-methyl/N-ethyl adjacent to an activating group) is 1. The Kier molecular flexibility index (Phi) is 3.91. The predicted octanol–water partition coefficient (Wildman–Crippen LogP) is 2.51. The number of benzene rings is 1. The highest BCUT2D eigenvalue weighted by molar-refractivity contribution is 5.20. The Bertz CT molecular complexity index is 338. The van der Waals surface area contributed by atoms with Crippen molar-refractivity contribution in [3.05, 3.63) is 35.6 Å². The van der Waals surface area contributed by atoms with Crippen molar-refractivity contribution < 1.29 is 9.13 Å². The van der Waals surface area contributed by atoms with Gasteiger partial charge >= 0.3 is 0 Å². The third kappa shape index (κ3) is 3.03. The molecule has 1 N–H and O–H groups in total. The molecule has 16 heavy (non-hydrogen) atoms. The summed E-state index contributed by atoms with van der Waals surface area (Å²) < 4.78 is 19.4. The summed E-state index contributed by atoms with van der Waals surface area (Å²) in [4.78, 5) is 0. The Morgan fingerprint density at radius 2 is 2.19 bits per heavy atom. The first kappa shape index (κ1) is 11.6. The van der Waals surface area contributed by atoms with E-state index in [2.05, 4.69) is 5.32 Å². The van der Waals surface area contributed by atoms with Crippen molar-refractivity contribution in [2.24, 2.45) is 5.92 Å². The fourth-order valence-corrected chi connectivity index (χ4v) is 1.72. The summed E-state index contributed by atoms with van der Waals surface area (Å²) in [5, 5.41) is 3.05. The minimum absolute atomic E-state index is 0.174. The molecule has 1 aliphatic carbocycles. The maximum absolute atomic E-state index is 13.6. The SMILES string of the molecule is CNCC(OCC1CC1)c1ccccc1F. The van der Waals surface area contributed by atoms with Crippen molar-refractivity contribution in [2.75, 3.05) is 20.2 Å². The van der Waals surface area contributed by atoms with Gasteiger partial charge in [0.1, 0.15) is 5.82 Å². The lowest BCUT2D eigenvalue weighted by molar-refractivity contribution is 0.0442. The minimum Gasteiger partial charge on any atom is -0.372 e. The third-order valence-corrected chi connectivity index (χ3v) is 2.87. The number of rotatable bonds is 6. The largest absolute Gasteiger partial charge is 0.372 e. The molecular formula is C13H18FNO. The second-order valence-electron chi connectivity index (χ2n) is 4.34. The smallest absolute Gasteiger partial charge is 0.129 e. The minimum atomic E-state index is -0.182. The maximum atomic E-state index is 13.6. The highest BCUT2D eigenvalue weighted by atomic mass is 19.1. The van der Waals surface area contributed by atoms with Gasteiger partial charge in [-0.05, 0) is 31.9 Å². The van der Waals surface area contributed by atoms with Gasteiger partial charge in [-0.2, -0.15) is 0 Å². The molecular weight excluding hydrogens is 205 g/mol. The van der Waals surface area contributed by atoms with E-state index in [4.69, 9.17) is 4.74 Å². The van der Waals surface area contributed by atoms with Crippen LogP contribution in [0, 0.1) is 11.7 Å². The van der Waals surface area contributed by atoms with Crippen molar-refractivity contribution >= 4 is 0 Å². The molecule has 0 saturated heterocycles. The van der Waals surface area contributed by atoms with Crippen LogP contribution in [0.2, 0.25) is 0 Å². The number of ether oxygens (including phenoxy) is 1. The summed E-state index contributed by atoms with van der Waals surface area (Å²) >= 11 is 0. The van der Waals surface area contributed by atoms with E-state index in [1.54, 1.807) is 12.1 Å². The zero-order valence-electron chi connectivity index (χ0n) is 9.58. The van der Waals surface area contributed by atoms with Crippen molar-refractivity contribution in [1.82, 2.24) is 5.32 Å². The Morgan fingerprint density at radius 3 is 2.81 bits per heavy atom. The number of nitrogens with one attached hydrogen (secondary N) is 1. The van der Waals surface area contributed by atoms with Crippen LogP contribution in [-0.2, 0) is 4.74 Å². The molecule has 88 valence electrons. The molecule has 2 rings (SSSR count). The summed E-state index contributed by atoms with van der Waals surface area (Å²) in [5.41, 5.74) is 0.650. The lowest BCUT2D eigenvalue weighted by Crippen LogP contribution is -2.21. The Balaban J connectivity index is 2.01. The van der Waals surface area contributed by atoms with E-state index < -0.39 is 0 Å². The van der Waals surface area contributed by atoms with Crippen molar-refractivity contribution in [1.29, 1.82) is 0 Å². The van der Waals surface area contributed by atoms with Gasteiger partial charge in [-0.15, -0.1) is 0 Å². The van der Waals surface area contributed by atoms with Gasteiger partial charge < -0.3 is 10.1 Å². The summed E-state index contributed by atoms with van der Waals surface area (Å²) in [6, 6.07) is 6.83. The van der Waals surface area contributed by atoms with Crippen LogP contribution >= 0.6 is 0 Å². The van der Waals surface area contributed by atoms with E-state index >= 15 is 0 Å². The van der Waals surface area contributed by atoms with Gasteiger partial charge in [-0.3, -0.25) is 0 Å². The molecule has 2 nitrogen and oxygen atoms in total. The second kappa shape index (κ2) is 5.41. The van der Waals surface area contributed by atoms with E-state index in [9.17, 15) is 4.39 Å². The molecule has 1 aromatic rings. The molecule has 0 radical (unpaired) electrons. The van der Waals surface area contributed by atoms with Gasteiger partial charge in [0.05, 0.1) is 12.7 Å². The normalized spacial score (nSPS) is 17.4. The zero-order chi connectivity index (χ0) is 11.4. The van der Waals surface area contributed by atoms with Gasteiger partial charge in [0.2, 0.25) is 0 Å². The first-order valence-corrected chi connectivity index (χ1v) is 5.82. The average Bonchev–Trinajstić information content (AvgIpc) is 3.09. The monoisotopic (exact) mass is 223 g/mol. The number of hydrogen-bond acceptors (Lipinski definition) is 2. The average molecular weight is 223 g/mol. The van der Waals surface area contributed by atoms with Gasteiger partial charge in [-0.25, -0.2) is 4.39 Å². The summed E-state index contributed by atoms with van der Waals surface area (Å²) in [7, 11) is 1.86. The lowest BCUT2D eigenvalue weighted by Gasteiger charge is -2.18. The molecule has 0 heterocycles. The zero-order valence-corrected chi connectivity index (χ0v) is 9.58. The molecule has 0 aliphatic heterocycles. The molecule has 1 aliphatic rings. The Morgan fingerprint density at radius 1 is 1.44 bits per heavy atom. The Hall–Kier alpha value is -0.930. The van der Waals surface area contributed by atoms with Crippen molar-refractivity contribution in [3.8, 4) is 0 Å². The van der Waals surface area contributed by atoms with E-state index in [0.29, 0.717) is 18.0 Å². The first-order chi connectivity index (χ1) is 7.81. The maximum Gasteiger partial charge on any atom is 0.129 e. The van der Waals surface area contributed by atoms with E-state index in [-0.39, 0.29) is 11.9 Å². The van der Waals surface area contributed by atoms with Crippen LogP contribution in [0.15, 0.2) is 24.3 Å². The highest BCUT2D eigenvalue weighted by Gasteiger charge is 2.24. The van der Waals surface area contributed by atoms with Gasteiger partial charge in [0, 0.05) is 12.1 Å². The van der Waals surface area contributed by atoms with Gasteiger partial charge in [-0.1, -0.05) is 18.2 Å². The third-order valence-electron chi connectivity index (χ3n) is 2.87. The first-order valence-electron chi connectivity index (χ1n) is 5.82. The van der Waals surface area contributed by atoms with Gasteiger partial charge in [0.15, 0.2) is 0 Å². The standard InChI is InChI=1S/C13H18FNO/c1-15-8-13(16-9-10-6-7-10)11-4-2-3-5-12(11)14/h2-5,10,13,15H,6-9H2,1H3. The summed E-state index contributed by atoms with van der Waals surface area (Å²) in [6.45, 7) is 1.40. The van der Waals surface area contributed by atoms with Crippen LogP contribution in [0.25, 0.3) is 0 Å². The fraction of sp³-hybridized carbons (Fsp3) is 0.538. The molecule has 0 aromatic heterocycles. The molecule has 1 unspecified atom stereocenters. The van der Waals surface area contributed by atoms with E-state index in [0.717, 1.165) is 6.61 Å². The lowest BCUT2D eigenvalue weighted by atomic mass is 10.1. The molecule has 1 atom stereocenters. The molecule has 0 bridgehead atoms. The molecule has 1 fully saturated rings. The summed E-state index contributed by atoms with van der Waals surface area (Å²) in [6.07, 6.45) is 2.33. The van der Waals surface area contributed by atoms with Gasteiger partial charge in [0.25, 0.3) is 0 Å². The molecule has 0 amide bonds. The van der Waals surface area contributed by atoms with E-state index in [1.165, 1.54) is 18.9 Å². The number of halogens is 1. The topological polar surface area (TPSA) is 21.3 Å². The fourth-order valence-electron chi connectivity index (χ4n) is 1.72. The van der Waals surface area contributed by atoms with Crippen LogP contribution < -0.4 is 5.32 Å². The quantitative estimate of drug-likeness (QED) is 0.800. The van der Waals surface area contributed by atoms with Crippen molar-refractivity contribution in [2.45, 2.75) is 18.9 Å². The van der Waals surface area contributed by atoms with Crippen LogP contribution in [0.1, 0.15) is 24.5 Å². The summed E-state index contributed by atoms with van der Waals surface area (Å²) in [5.74, 6) is 0.518. The van der Waals surface area contributed by atoms with E-state index in [1.807, 2.05) is 13.1 Å². The van der Waals surface area contributed by atoms with Crippen LogP contribution in [0.5, 0.6) is 0 Å². The Labute approximate surface area is 95.8 Å². The molecule has 1 aromatic carbocycles. The van der Waals surface area contributed by atoms with Crippen molar-refractivity contribution in [3.63, 3.8) is 0 Å². The second-order valence-corrected chi connectivity index (χ2v) is 4.34. The molecule has 3 heteroatoms.